The maximum Gasteiger partial charge on any atom is 0.407 e. The Morgan fingerprint density at radius 1 is 1.19 bits per heavy atom. The third-order valence-corrected chi connectivity index (χ3v) is 12.4. The molecule has 2 aliphatic heterocycles. The van der Waals surface area contributed by atoms with Gasteiger partial charge in [-0.25, -0.2) is 14.6 Å². The Kier molecular flexibility index (Phi) is 9.04. The number of ether oxygens (including phenoxy) is 3. The molecule has 2 aliphatic rings. The van der Waals surface area contributed by atoms with Gasteiger partial charge in [0, 0.05) is 29.5 Å². The number of aromatic nitrogens is 2. The summed E-state index contributed by atoms with van der Waals surface area (Å²) < 4.78 is 19.1. The lowest BCUT2D eigenvalue weighted by molar-refractivity contribution is -0.190. The zero-order valence-electron chi connectivity index (χ0n) is 28.5. The van der Waals surface area contributed by atoms with Crippen LogP contribution in [0, 0.1) is 5.92 Å². The van der Waals surface area contributed by atoms with Crippen molar-refractivity contribution in [2.75, 3.05) is 6.54 Å². The summed E-state index contributed by atoms with van der Waals surface area (Å²) in [6.45, 7) is 15.9. The van der Waals surface area contributed by atoms with E-state index in [0.717, 1.165) is 17.0 Å². The van der Waals surface area contributed by atoms with Crippen molar-refractivity contribution in [3.63, 3.8) is 0 Å². The molecule has 11 nitrogen and oxygen atoms in total. The van der Waals surface area contributed by atoms with E-state index in [9.17, 15) is 24.3 Å². The summed E-state index contributed by atoms with van der Waals surface area (Å²) >= 11 is 0. The molecule has 47 heavy (non-hydrogen) atoms. The van der Waals surface area contributed by atoms with Crippen LogP contribution in [-0.4, -0.2) is 52.9 Å². The van der Waals surface area contributed by atoms with Gasteiger partial charge in [0.2, 0.25) is 5.60 Å². The number of nitrogens with one attached hydrogen (secondary N) is 1. The van der Waals surface area contributed by atoms with Crippen molar-refractivity contribution in [1.82, 2.24) is 14.9 Å². The summed E-state index contributed by atoms with van der Waals surface area (Å²) in [4.78, 5) is 58.9. The lowest BCUT2D eigenvalue weighted by atomic mass is 9.85. The number of carbonyl (C=O) groups is 3. The van der Waals surface area contributed by atoms with Crippen molar-refractivity contribution >= 4 is 37.0 Å². The summed E-state index contributed by atoms with van der Waals surface area (Å²) in [5.74, 6) is -0.902. The number of hydrogen-bond donors (Lipinski definition) is 2. The molecule has 12 heteroatoms. The van der Waals surface area contributed by atoms with Crippen LogP contribution in [-0.2, 0) is 35.9 Å². The van der Waals surface area contributed by atoms with E-state index >= 15 is 0 Å². The fourth-order valence-electron chi connectivity index (χ4n) is 6.89. The van der Waals surface area contributed by atoms with E-state index in [1.807, 2.05) is 6.07 Å². The number of esters is 2. The molecule has 0 fully saturated rings. The van der Waals surface area contributed by atoms with Crippen molar-refractivity contribution in [3.8, 4) is 17.1 Å². The third kappa shape index (κ3) is 6.65. The molecular weight excluding hydrogens is 618 g/mol. The Morgan fingerprint density at radius 3 is 2.57 bits per heavy atom. The maximum atomic E-state index is 14.6. The Morgan fingerprint density at radius 2 is 1.91 bits per heavy atom. The molecule has 2 N–H and O–H groups in total. The number of pyridine rings is 2. The van der Waals surface area contributed by atoms with Crippen LogP contribution >= 0.6 is 0 Å². The number of aromatic hydroxyl groups is 1. The van der Waals surface area contributed by atoms with Crippen molar-refractivity contribution in [3.05, 3.63) is 57.4 Å². The predicted octanol–water partition coefficient (Wildman–Crippen LogP) is 6.09. The van der Waals surface area contributed by atoms with Gasteiger partial charge in [-0.15, -0.1) is 0 Å². The first-order valence-electron chi connectivity index (χ1n) is 16.3. The Bertz CT molecular complexity index is 1810. The molecule has 1 aromatic carbocycles. The van der Waals surface area contributed by atoms with E-state index < -0.39 is 43.0 Å². The standard InChI is InChI=1S/C35H45N3O8Si/c1-9-35(45-27(40)11-10-14-36-33(43)46-34(4,5)6)24-17-26-29-22(15-21-16-23(39)12-13-25(21)37-29)18-38(26)30(41)28(24)31(44-32(35)42)47(7,8)19-20(2)3/h12-13,15-17,20,31,39H,9-11,14,18-19H2,1-8H3,(H,36,43). The minimum Gasteiger partial charge on any atom is -0.508 e. The quantitative estimate of drug-likeness (QED) is 0.0941. The highest BCUT2D eigenvalue weighted by Crippen LogP contribution is 2.47. The van der Waals surface area contributed by atoms with Crippen LogP contribution in [0.25, 0.3) is 22.3 Å². The summed E-state index contributed by atoms with van der Waals surface area (Å²) in [6, 6.07) is 9.42. The predicted molar refractivity (Wildman–Crippen MR) is 180 cm³/mol. The number of rotatable bonds is 9. The molecule has 0 aliphatic carbocycles. The van der Waals surface area contributed by atoms with Gasteiger partial charge < -0.3 is 29.2 Å². The molecule has 0 saturated heterocycles. The zero-order chi connectivity index (χ0) is 34.5. The number of nitrogens with zero attached hydrogens (tertiary/aromatic N) is 2. The molecule has 2 atom stereocenters. The molecule has 2 aromatic heterocycles. The van der Waals surface area contributed by atoms with E-state index in [4.69, 9.17) is 19.2 Å². The van der Waals surface area contributed by atoms with Crippen LogP contribution in [0.2, 0.25) is 19.1 Å². The Balaban J connectivity index is 1.55. The monoisotopic (exact) mass is 663 g/mol. The average molecular weight is 664 g/mol. The minimum atomic E-state index is -2.41. The average Bonchev–Trinajstić information content (AvgIpc) is 3.31. The van der Waals surface area contributed by atoms with Crippen LogP contribution in [0.5, 0.6) is 5.75 Å². The summed E-state index contributed by atoms with van der Waals surface area (Å²) in [6.07, 6.45) is -0.360. The number of phenols is 1. The van der Waals surface area contributed by atoms with Crippen LogP contribution in [0.1, 0.15) is 83.2 Å². The van der Waals surface area contributed by atoms with Gasteiger partial charge in [0.05, 0.1) is 29.0 Å². The maximum absolute atomic E-state index is 14.6. The Labute approximate surface area is 275 Å². The van der Waals surface area contributed by atoms with Gasteiger partial charge in [-0.3, -0.25) is 9.59 Å². The Hall–Kier alpha value is -4.19. The second kappa shape index (κ2) is 12.4. The van der Waals surface area contributed by atoms with Crippen LogP contribution in [0.3, 0.4) is 0 Å². The van der Waals surface area contributed by atoms with E-state index in [0.29, 0.717) is 33.9 Å². The summed E-state index contributed by atoms with van der Waals surface area (Å²) in [7, 11) is -2.41. The molecule has 1 amide bonds. The van der Waals surface area contributed by atoms with Crippen molar-refractivity contribution < 1.29 is 33.7 Å². The first-order valence-corrected chi connectivity index (χ1v) is 19.5. The second-order valence-electron chi connectivity index (χ2n) is 14.7. The molecule has 252 valence electrons. The molecule has 2 unspecified atom stereocenters. The number of cyclic esters (lactones) is 1. The van der Waals surface area contributed by atoms with Crippen molar-refractivity contribution in [2.24, 2.45) is 5.92 Å². The number of fused-ring (bicyclic) bond motifs is 5. The second-order valence-corrected chi connectivity index (χ2v) is 19.6. The number of benzene rings is 1. The number of amides is 1. The SMILES string of the molecule is CCC1(OC(=O)CCCNC(=O)OC(C)(C)C)C(=O)OC([Si](C)(C)CC(C)C)c2c1cc1n(c2=O)Cc2cc3cc(O)ccc3nc2-1. The lowest BCUT2D eigenvalue weighted by Crippen LogP contribution is -2.54. The van der Waals surface area contributed by atoms with Gasteiger partial charge in [0.25, 0.3) is 5.56 Å². The normalized spacial score (nSPS) is 18.7. The van der Waals surface area contributed by atoms with Gasteiger partial charge in [-0.2, -0.15) is 0 Å². The first-order chi connectivity index (χ1) is 22.0. The molecule has 0 spiro atoms. The fourth-order valence-corrected chi connectivity index (χ4v) is 10.7. The minimum absolute atomic E-state index is 0.0554. The van der Waals surface area contributed by atoms with E-state index in [-0.39, 0.29) is 43.7 Å². The molecule has 0 saturated carbocycles. The van der Waals surface area contributed by atoms with Gasteiger partial charge in [-0.05, 0) is 69.9 Å². The zero-order valence-corrected chi connectivity index (χ0v) is 29.5. The highest BCUT2D eigenvalue weighted by Gasteiger charge is 2.56. The van der Waals surface area contributed by atoms with Gasteiger partial charge in [0.1, 0.15) is 25.2 Å². The topological polar surface area (TPSA) is 146 Å². The van der Waals surface area contributed by atoms with Gasteiger partial charge in [-0.1, -0.05) is 39.9 Å². The van der Waals surface area contributed by atoms with Crippen molar-refractivity contribution in [2.45, 2.75) is 103 Å². The molecule has 0 radical (unpaired) electrons. The van der Waals surface area contributed by atoms with E-state index in [2.05, 4.69) is 32.3 Å². The van der Waals surface area contributed by atoms with Crippen LogP contribution < -0.4 is 10.9 Å². The molecule has 4 heterocycles. The molecule has 3 aromatic rings. The number of hydrogen-bond acceptors (Lipinski definition) is 9. The smallest absolute Gasteiger partial charge is 0.407 e. The largest absolute Gasteiger partial charge is 0.508 e. The van der Waals surface area contributed by atoms with Gasteiger partial charge >= 0.3 is 18.0 Å². The molecule has 5 rings (SSSR count). The van der Waals surface area contributed by atoms with Crippen LogP contribution in [0.15, 0.2) is 35.1 Å². The number of alkyl carbamates (subject to hydrolysis) is 1. The van der Waals surface area contributed by atoms with Crippen LogP contribution in [0.4, 0.5) is 4.79 Å². The highest BCUT2D eigenvalue weighted by molar-refractivity contribution is 6.78. The first kappa shape index (κ1) is 34.1. The fraction of sp³-hybridized carbons (Fsp3) is 0.514. The highest BCUT2D eigenvalue weighted by atomic mass is 28.3. The molecule has 0 bridgehead atoms. The number of carbonyl (C=O) groups excluding carboxylic acids is 3. The summed E-state index contributed by atoms with van der Waals surface area (Å²) in [5.41, 5.74) is -0.207. The summed E-state index contributed by atoms with van der Waals surface area (Å²) in [5, 5.41) is 13.4. The van der Waals surface area contributed by atoms with Crippen molar-refractivity contribution in [1.29, 1.82) is 0 Å². The molecular formula is C35H45N3O8Si. The van der Waals surface area contributed by atoms with Gasteiger partial charge in [0.15, 0.2) is 0 Å². The lowest BCUT2D eigenvalue weighted by Gasteiger charge is -2.43. The third-order valence-electron chi connectivity index (χ3n) is 8.69. The number of phenolic OH excluding ortho intramolecular Hbond substituents is 1. The van der Waals surface area contributed by atoms with E-state index in [1.54, 1.807) is 56.5 Å². The van der Waals surface area contributed by atoms with E-state index in [1.165, 1.54) is 0 Å².